The van der Waals surface area contributed by atoms with Crippen LogP contribution in [-0.2, 0) is 24.7 Å². The van der Waals surface area contributed by atoms with Crippen LogP contribution in [-0.4, -0.2) is 17.0 Å². The second kappa shape index (κ2) is 10.3. The zero-order valence-electron chi connectivity index (χ0n) is 18.7. The van der Waals surface area contributed by atoms with E-state index in [1.165, 1.54) is 30.0 Å². The summed E-state index contributed by atoms with van der Waals surface area (Å²) in [5.41, 5.74) is -0.259. The molecule has 10 heteroatoms. The number of benzene rings is 3. The number of alkyl halides is 6. The summed E-state index contributed by atoms with van der Waals surface area (Å²) < 4.78 is 79.7. The molecule has 1 amide bonds. The lowest BCUT2D eigenvalue weighted by Crippen LogP contribution is -2.27. The van der Waals surface area contributed by atoms with Crippen LogP contribution in [0.3, 0.4) is 0 Å². The van der Waals surface area contributed by atoms with Gasteiger partial charge in [0.05, 0.1) is 11.1 Å². The molecule has 0 unspecified atom stereocenters. The molecule has 3 nitrogen and oxygen atoms in total. The van der Waals surface area contributed by atoms with Gasteiger partial charge in [0.15, 0.2) is 0 Å². The molecule has 1 N–H and O–H groups in total. The Labute approximate surface area is 207 Å². The van der Waals surface area contributed by atoms with Gasteiger partial charge in [-0.2, -0.15) is 26.3 Å². The maximum absolute atomic E-state index is 13.0. The lowest BCUT2D eigenvalue weighted by Gasteiger charge is -2.10. The van der Waals surface area contributed by atoms with E-state index in [1.807, 2.05) is 35.0 Å². The number of para-hydroxylation sites is 1. The third kappa shape index (κ3) is 6.04. The predicted octanol–water partition coefficient (Wildman–Crippen LogP) is 7.40. The molecule has 0 saturated carbocycles. The summed E-state index contributed by atoms with van der Waals surface area (Å²) in [5.74, 6) is -0.277. The molecule has 0 fully saturated rings. The molecule has 0 saturated heterocycles. The second-order valence-electron chi connectivity index (χ2n) is 8.03. The van der Waals surface area contributed by atoms with Crippen molar-refractivity contribution in [3.63, 3.8) is 0 Å². The van der Waals surface area contributed by atoms with Crippen LogP contribution in [0.5, 0.6) is 0 Å². The second-order valence-corrected chi connectivity index (χ2v) is 9.04. The number of hydrogen-bond donors (Lipinski definition) is 1. The Balaban J connectivity index is 1.44. The van der Waals surface area contributed by atoms with Crippen LogP contribution in [0.25, 0.3) is 10.9 Å². The van der Waals surface area contributed by atoms with E-state index >= 15 is 0 Å². The van der Waals surface area contributed by atoms with Crippen molar-refractivity contribution in [1.82, 2.24) is 9.88 Å². The molecule has 1 aromatic heterocycles. The van der Waals surface area contributed by atoms with Crippen LogP contribution in [0.2, 0.25) is 0 Å². The van der Waals surface area contributed by atoms with E-state index in [0.29, 0.717) is 17.9 Å². The first kappa shape index (κ1) is 25.7. The van der Waals surface area contributed by atoms with E-state index in [0.717, 1.165) is 40.1 Å². The number of carbonyl (C=O) groups excluding carboxylic acids is 1. The average molecular weight is 523 g/mol. The lowest BCUT2D eigenvalue weighted by molar-refractivity contribution is -0.138. The van der Waals surface area contributed by atoms with Gasteiger partial charge in [-0.25, -0.2) is 0 Å². The van der Waals surface area contributed by atoms with E-state index in [-0.39, 0.29) is 12.1 Å². The van der Waals surface area contributed by atoms with Gasteiger partial charge in [0.2, 0.25) is 0 Å². The van der Waals surface area contributed by atoms with Crippen LogP contribution >= 0.6 is 11.8 Å². The van der Waals surface area contributed by atoms with E-state index in [1.54, 1.807) is 6.07 Å². The number of aromatic nitrogens is 1. The molecule has 0 bridgehead atoms. The van der Waals surface area contributed by atoms with Crippen LogP contribution in [0.15, 0.2) is 83.9 Å². The van der Waals surface area contributed by atoms with Crippen molar-refractivity contribution < 1.29 is 31.1 Å². The van der Waals surface area contributed by atoms with Gasteiger partial charge in [-0.1, -0.05) is 42.5 Å². The first-order chi connectivity index (χ1) is 17.0. The molecule has 4 rings (SSSR count). The molecule has 0 aliphatic heterocycles. The Bertz CT molecular complexity index is 1380. The zero-order chi connectivity index (χ0) is 25.9. The number of amides is 1. The minimum atomic E-state index is -4.54. The number of nitrogens with zero attached hydrogens (tertiary/aromatic N) is 1. The lowest BCUT2D eigenvalue weighted by atomic mass is 10.1. The number of rotatable bonds is 7. The maximum Gasteiger partial charge on any atom is 0.416 e. The smallest absolute Gasteiger partial charge is 0.350 e. The Morgan fingerprint density at radius 1 is 0.833 bits per heavy atom. The molecule has 1 heterocycles. The highest BCUT2D eigenvalue weighted by Crippen LogP contribution is 2.34. The molecule has 0 aliphatic carbocycles. The molecule has 0 radical (unpaired) electrons. The highest BCUT2D eigenvalue weighted by Gasteiger charge is 2.31. The van der Waals surface area contributed by atoms with Crippen LogP contribution in [0, 0.1) is 0 Å². The fraction of sp³-hybridized carbons (Fsp3) is 0.192. The summed E-state index contributed by atoms with van der Waals surface area (Å²) in [7, 11) is 0. The minimum absolute atomic E-state index is 0.0838. The van der Waals surface area contributed by atoms with Crippen molar-refractivity contribution in [2.24, 2.45) is 0 Å². The van der Waals surface area contributed by atoms with Gasteiger partial charge in [-0.3, -0.25) is 4.79 Å². The largest absolute Gasteiger partial charge is 0.416 e. The quantitative estimate of drug-likeness (QED) is 0.203. The normalized spacial score (nSPS) is 12.2. The summed E-state index contributed by atoms with van der Waals surface area (Å²) in [6.45, 7) is 0.529. The standard InChI is InChI=1S/C26H20F6N2OS/c27-25(28,29)19-7-3-5-17(13-19)16-36-23-15-34(22-10-2-1-9-21(22)23)12-11-33-24(35)18-6-4-8-20(14-18)26(30,31)32/h1-10,13-15H,11-12,16H2,(H,33,35). The van der Waals surface area contributed by atoms with Gasteiger partial charge in [0, 0.05) is 46.4 Å². The van der Waals surface area contributed by atoms with Crippen molar-refractivity contribution in [2.45, 2.75) is 29.5 Å². The van der Waals surface area contributed by atoms with Gasteiger partial charge >= 0.3 is 12.4 Å². The van der Waals surface area contributed by atoms with Gasteiger partial charge in [0.1, 0.15) is 0 Å². The summed E-state index contributed by atoms with van der Waals surface area (Å²) in [6, 6.07) is 16.9. The number of hydrogen-bond acceptors (Lipinski definition) is 2. The molecule has 0 spiro atoms. The summed E-state index contributed by atoms with van der Waals surface area (Å²) >= 11 is 1.40. The van der Waals surface area contributed by atoms with E-state index in [4.69, 9.17) is 0 Å². The molecule has 4 aromatic rings. The highest BCUT2D eigenvalue weighted by molar-refractivity contribution is 7.98. The van der Waals surface area contributed by atoms with Crippen LogP contribution in [0.1, 0.15) is 27.0 Å². The van der Waals surface area contributed by atoms with E-state index < -0.39 is 29.4 Å². The molecule has 0 atom stereocenters. The van der Waals surface area contributed by atoms with Crippen molar-refractivity contribution in [3.8, 4) is 0 Å². The van der Waals surface area contributed by atoms with Crippen LogP contribution < -0.4 is 5.32 Å². The number of fused-ring (bicyclic) bond motifs is 1. The number of thioether (sulfide) groups is 1. The molecular weight excluding hydrogens is 502 g/mol. The number of halogens is 6. The van der Waals surface area contributed by atoms with Crippen molar-refractivity contribution in [2.75, 3.05) is 6.54 Å². The van der Waals surface area contributed by atoms with E-state index in [2.05, 4.69) is 5.32 Å². The summed E-state index contributed by atoms with van der Waals surface area (Å²) in [4.78, 5) is 13.2. The van der Waals surface area contributed by atoms with Gasteiger partial charge in [-0.05, 0) is 35.9 Å². The third-order valence-corrected chi connectivity index (χ3v) is 6.61. The molecule has 188 valence electrons. The molecule has 0 aliphatic rings. The van der Waals surface area contributed by atoms with E-state index in [9.17, 15) is 31.1 Å². The molecule has 3 aromatic carbocycles. The van der Waals surface area contributed by atoms with Gasteiger partial charge in [0.25, 0.3) is 5.91 Å². The highest BCUT2D eigenvalue weighted by atomic mass is 32.2. The first-order valence-electron chi connectivity index (χ1n) is 10.8. The molecule has 36 heavy (non-hydrogen) atoms. The van der Waals surface area contributed by atoms with Crippen molar-refractivity contribution >= 4 is 28.6 Å². The first-order valence-corrected chi connectivity index (χ1v) is 11.8. The van der Waals surface area contributed by atoms with Crippen molar-refractivity contribution in [3.05, 3.63) is 101 Å². The van der Waals surface area contributed by atoms with Gasteiger partial charge in [-0.15, -0.1) is 11.8 Å². The number of carbonyl (C=O) groups is 1. The fourth-order valence-electron chi connectivity index (χ4n) is 3.74. The van der Waals surface area contributed by atoms with Crippen molar-refractivity contribution in [1.29, 1.82) is 0 Å². The topological polar surface area (TPSA) is 34.0 Å². The minimum Gasteiger partial charge on any atom is -0.350 e. The SMILES string of the molecule is O=C(NCCn1cc(SCc2cccc(C(F)(F)F)c2)c2ccccc21)c1cccc(C(F)(F)F)c1. The van der Waals surface area contributed by atoms with Crippen LogP contribution in [0.4, 0.5) is 26.3 Å². The van der Waals surface area contributed by atoms with Gasteiger partial charge < -0.3 is 9.88 Å². The number of nitrogens with one attached hydrogen (secondary N) is 1. The molecular formula is C26H20F6N2OS. The summed E-state index contributed by atoms with van der Waals surface area (Å²) in [5, 5.41) is 3.55. The average Bonchev–Trinajstić information content (AvgIpc) is 3.19. The fourth-order valence-corrected chi connectivity index (χ4v) is 4.77. The third-order valence-electron chi connectivity index (χ3n) is 5.49. The Morgan fingerprint density at radius 3 is 2.22 bits per heavy atom. The zero-order valence-corrected chi connectivity index (χ0v) is 19.5. The maximum atomic E-state index is 13.0. The monoisotopic (exact) mass is 522 g/mol. The summed E-state index contributed by atoms with van der Waals surface area (Å²) in [6.07, 6.45) is -7.09. The Kier molecular flexibility index (Phi) is 7.35. The Hall–Kier alpha value is -3.40. The predicted molar refractivity (Wildman–Crippen MR) is 127 cm³/mol. The Morgan fingerprint density at radius 2 is 1.50 bits per heavy atom.